The molecule has 1 aliphatic carbocycles. The van der Waals surface area contributed by atoms with Crippen LogP contribution in [0.5, 0.6) is 5.75 Å². The van der Waals surface area contributed by atoms with Gasteiger partial charge >= 0.3 is 130 Å². The van der Waals surface area contributed by atoms with Gasteiger partial charge in [0.25, 0.3) is 0 Å². The van der Waals surface area contributed by atoms with Crippen molar-refractivity contribution in [2.45, 2.75) is 32.1 Å². The fourth-order valence-electron chi connectivity index (χ4n) is 2.66. The van der Waals surface area contributed by atoms with E-state index in [-0.39, 0.29) is 20.3 Å². The second-order valence-corrected chi connectivity index (χ2v) is 7.45. The van der Waals surface area contributed by atoms with Gasteiger partial charge in [0.15, 0.2) is 0 Å². The quantitative estimate of drug-likeness (QED) is 0.517. The van der Waals surface area contributed by atoms with Crippen molar-refractivity contribution in [1.82, 2.24) is 0 Å². The molecule has 4 heteroatoms. The molecule has 0 aliphatic heterocycles. The van der Waals surface area contributed by atoms with Crippen molar-refractivity contribution in [2.75, 3.05) is 0 Å². The average Bonchev–Trinajstić information content (AvgIpc) is 2.66. The van der Waals surface area contributed by atoms with E-state index in [0.29, 0.717) is 5.56 Å². The summed E-state index contributed by atoms with van der Waals surface area (Å²) in [5.41, 5.74) is 2.75. The number of benzene rings is 1. The zero-order valence-corrected chi connectivity index (χ0v) is 13.4. The van der Waals surface area contributed by atoms with Crippen LogP contribution in [0.25, 0.3) is 0 Å². The Morgan fingerprint density at radius 2 is 2.00 bits per heavy atom. The van der Waals surface area contributed by atoms with Crippen LogP contribution in [0.1, 0.15) is 40.4 Å². The Morgan fingerprint density at radius 3 is 2.81 bits per heavy atom. The SMILES string of the molecule is N#Cc1c(/N=C/c2ccccc2O)[se]c2c1CCCCC2. The molecule has 0 unspecified atom stereocenters. The topological polar surface area (TPSA) is 56.4 Å². The maximum absolute atomic E-state index is 9.77. The van der Waals surface area contributed by atoms with Crippen molar-refractivity contribution in [3.05, 3.63) is 45.4 Å². The Bertz CT molecular complexity index is 725. The van der Waals surface area contributed by atoms with Crippen LogP contribution in [-0.2, 0) is 12.8 Å². The molecule has 106 valence electrons. The summed E-state index contributed by atoms with van der Waals surface area (Å²) in [4.78, 5) is 4.52. The third-order valence-electron chi connectivity index (χ3n) is 3.77. The molecule has 0 fully saturated rings. The summed E-state index contributed by atoms with van der Waals surface area (Å²) in [6, 6.07) is 9.48. The summed E-state index contributed by atoms with van der Waals surface area (Å²) in [6.07, 6.45) is 7.49. The van der Waals surface area contributed by atoms with Gasteiger partial charge in [-0.05, 0) is 0 Å². The summed E-state index contributed by atoms with van der Waals surface area (Å²) in [5, 5.41) is 19.2. The standard InChI is InChI=1S/C17H16N2OSe/c18-10-14-13-7-2-1-3-9-16(13)21-17(14)19-11-12-6-4-5-8-15(12)20/h4-6,8,11,20H,1-3,7,9H2/b19-11+. The molecule has 2 aromatic rings. The first kappa shape index (κ1) is 14.1. The molecule has 3 rings (SSSR count). The van der Waals surface area contributed by atoms with Gasteiger partial charge < -0.3 is 0 Å². The molecule has 0 spiro atoms. The Balaban J connectivity index is 1.96. The minimum absolute atomic E-state index is 0.172. The first-order chi connectivity index (χ1) is 10.3. The Morgan fingerprint density at radius 1 is 1.19 bits per heavy atom. The number of fused-ring (bicyclic) bond motifs is 1. The van der Waals surface area contributed by atoms with E-state index in [4.69, 9.17) is 0 Å². The van der Waals surface area contributed by atoms with E-state index in [1.807, 2.05) is 12.1 Å². The van der Waals surface area contributed by atoms with Crippen molar-refractivity contribution in [3.63, 3.8) is 0 Å². The van der Waals surface area contributed by atoms with E-state index in [1.54, 1.807) is 18.3 Å². The van der Waals surface area contributed by atoms with Crippen LogP contribution < -0.4 is 0 Å². The van der Waals surface area contributed by atoms with Gasteiger partial charge in [0.1, 0.15) is 0 Å². The molecule has 1 N–H and O–H groups in total. The van der Waals surface area contributed by atoms with Gasteiger partial charge in [0, 0.05) is 0 Å². The van der Waals surface area contributed by atoms with Crippen LogP contribution in [0.15, 0.2) is 29.3 Å². The van der Waals surface area contributed by atoms with Gasteiger partial charge in [0.05, 0.1) is 0 Å². The molecular weight excluding hydrogens is 327 g/mol. The zero-order chi connectivity index (χ0) is 14.7. The number of nitriles is 1. The molecule has 0 saturated heterocycles. The predicted octanol–water partition coefficient (Wildman–Crippen LogP) is 3.34. The van der Waals surface area contributed by atoms with Crippen LogP contribution in [0, 0.1) is 11.3 Å². The van der Waals surface area contributed by atoms with E-state index in [2.05, 4.69) is 11.1 Å². The molecule has 3 nitrogen and oxygen atoms in total. The van der Waals surface area contributed by atoms with Gasteiger partial charge in [-0.25, -0.2) is 0 Å². The summed E-state index contributed by atoms with van der Waals surface area (Å²) in [6.45, 7) is 0. The fourth-order valence-corrected chi connectivity index (χ4v) is 5.14. The number of aliphatic imine (C=N–C) groups is 1. The third kappa shape index (κ3) is 2.95. The van der Waals surface area contributed by atoms with Crippen molar-refractivity contribution >= 4 is 25.3 Å². The first-order valence-corrected chi connectivity index (χ1v) is 8.87. The van der Waals surface area contributed by atoms with E-state index < -0.39 is 0 Å². The number of phenolic OH excluding ortho intramolecular Hbond substituents is 1. The zero-order valence-electron chi connectivity index (χ0n) is 11.7. The van der Waals surface area contributed by atoms with E-state index in [9.17, 15) is 10.4 Å². The Labute approximate surface area is 130 Å². The van der Waals surface area contributed by atoms with Crippen molar-refractivity contribution < 1.29 is 5.11 Å². The number of aryl methyl sites for hydroxylation is 1. The van der Waals surface area contributed by atoms with Crippen LogP contribution >= 0.6 is 0 Å². The molecular formula is C17H16N2OSe. The predicted molar refractivity (Wildman–Crippen MR) is 84.7 cm³/mol. The van der Waals surface area contributed by atoms with E-state index >= 15 is 0 Å². The molecule has 1 heterocycles. The van der Waals surface area contributed by atoms with Crippen molar-refractivity contribution in [1.29, 1.82) is 5.26 Å². The number of para-hydroxylation sites is 1. The number of aromatic hydroxyl groups is 1. The molecule has 0 saturated carbocycles. The van der Waals surface area contributed by atoms with Crippen molar-refractivity contribution in [3.8, 4) is 11.8 Å². The van der Waals surface area contributed by atoms with Gasteiger partial charge in [0.2, 0.25) is 0 Å². The van der Waals surface area contributed by atoms with Crippen LogP contribution in [0.3, 0.4) is 0 Å². The summed E-state index contributed by atoms with van der Waals surface area (Å²) >= 11 is 0.172. The third-order valence-corrected chi connectivity index (χ3v) is 6.29. The first-order valence-electron chi connectivity index (χ1n) is 7.16. The molecule has 0 bridgehead atoms. The van der Waals surface area contributed by atoms with Crippen LogP contribution in [-0.4, -0.2) is 25.8 Å². The minimum atomic E-state index is 0.172. The van der Waals surface area contributed by atoms with Gasteiger partial charge in [-0.15, -0.1) is 0 Å². The molecule has 1 aromatic heterocycles. The van der Waals surface area contributed by atoms with Gasteiger partial charge in [-0.2, -0.15) is 0 Å². The maximum atomic E-state index is 9.77. The molecule has 1 aromatic carbocycles. The van der Waals surface area contributed by atoms with Gasteiger partial charge in [-0.1, -0.05) is 0 Å². The monoisotopic (exact) mass is 344 g/mol. The Kier molecular flexibility index (Phi) is 4.24. The van der Waals surface area contributed by atoms with E-state index in [0.717, 1.165) is 23.0 Å². The number of hydrogen-bond acceptors (Lipinski definition) is 3. The van der Waals surface area contributed by atoms with Crippen LogP contribution in [0.2, 0.25) is 0 Å². The molecule has 0 atom stereocenters. The normalized spacial score (nSPS) is 14.6. The summed E-state index contributed by atoms with van der Waals surface area (Å²) < 4.78 is 2.38. The molecule has 1 aliphatic rings. The number of nitrogens with zero attached hydrogens (tertiary/aromatic N) is 2. The summed E-state index contributed by atoms with van der Waals surface area (Å²) in [5.74, 6) is 0.223. The van der Waals surface area contributed by atoms with Crippen molar-refractivity contribution in [2.24, 2.45) is 4.99 Å². The van der Waals surface area contributed by atoms with E-state index in [1.165, 1.54) is 29.3 Å². The summed E-state index contributed by atoms with van der Waals surface area (Å²) in [7, 11) is 0. The Hall–Kier alpha value is -1.82. The number of rotatable bonds is 2. The molecule has 21 heavy (non-hydrogen) atoms. The average molecular weight is 343 g/mol. The fraction of sp³-hybridized carbons (Fsp3) is 0.294. The molecule has 0 amide bonds. The second-order valence-electron chi connectivity index (χ2n) is 5.17. The number of phenols is 1. The molecule has 0 radical (unpaired) electrons. The van der Waals surface area contributed by atoms with Crippen LogP contribution in [0.4, 0.5) is 4.56 Å². The second kappa shape index (κ2) is 6.30. The van der Waals surface area contributed by atoms with Gasteiger partial charge in [-0.3, -0.25) is 0 Å². The number of hydrogen-bond donors (Lipinski definition) is 1.